The van der Waals surface area contributed by atoms with Gasteiger partial charge in [0.15, 0.2) is 0 Å². The summed E-state index contributed by atoms with van der Waals surface area (Å²) in [7, 11) is 0. The van der Waals surface area contributed by atoms with Gasteiger partial charge >= 0.3 is 6.09 Å². The Morgan fingerprint density at radius 1 is 1.00 bits per heavy atom. The van der Waals surface area contributed by atoms with Crippen molar-refractivity contribution in [3.05, 3.63) is 35.9 Å². The van der Waals surface area contributed by atoms with Crippen molar-refractivity contribution < 1.29 is 14.3 Å². The molecule has 0 bridgehead atoms. The monoisotopic (exact) mass is 538 g/mol. The highest BCUT2D eigenvalue weighted by atomic mass is 32.2. The molecule has 206 valence electrons. The molecule has 8 heteroatoms. The van der Waals surface area contributed by atoms with Crippen LogP contribution in [0, 0.1) is 0 Å². The fraction of sp³-hybridized carbons (Fsp3) is 0.567. The molecule has 2 aromatic carbocycles. The molecule has 2 saturated heterocycles. The van der Waals surface area contributed by atoms with Crippen molar-refractivity contribution in [2.24, 2.45) is 0 Å². The molecule has 0 aromatic heterocycles. The summed E-state index contributed by atoms with van der Waals surface area (Å²) in [6, 6.07) is 11.5. The van der Waals surface area contributed by atoms with Crippen LogP contribution in [-0.2, 0) is 9.47 Å². The second-order valence-corrected chi connectivity index (χ2v) is 12.6. The molecule has 38 heavy (non-hydrogen) atoms. The average molecular weight is 539 g/mol. The van der Waals surface area contributed by atoms with Crippen molar-refractivity contribution in [2.75, 3.05) is 67.6 Å². The van der Waals surface area contributed by atoms with Crippen LogP contribution in [0.4, 0.5) is 27.5 Å². The molecule has 0 spiro atoms. The van der Waals surface area contributed by atoms with Gasteiger partial charge in [0.2, 0.25) is 0 Å². The lowest BCUT2D eigenvalue weighted by molar-refractivity contribution is 0.0263. The number of carbonyl (C=O) groups is 1. The molecule has 3 aliphatic heterocycles. The summed E-state index contributed by atoms with van der Waals surface area (Å²) in [6.45, 7) is 16.9. The summed E-state index contributed by atoms with van der Waals surface area (Å²) in [5, 5.41) is 3.79. The van der Waals surface area contributed by atoms with Crippen LogP contribution < -0.4 is 15.1 Å². The minimum atomic E-state index is -0.477. The van der Waals surface area contributed by atoms with Gasteiger partial charge < -0.3 is 29.5 Å². The number of hydrogen-bond donors (Lipinski definition) is 1. The number of hydrogen-bond acceptors (Lipinski definition) is 7. The maximum atomic E-state index is 12.7. The van der Waals surface area contributed by atoms with Crippen molar-refractivity contribution in [3.8, 4) is 0 Å². The van der Waals surface area contributed by atoms with Crippen molar-refractivity contribution in [1.29, 1.82) is 0 Å². The Hall–Kier alpha value is -2.58. The number of nitrogens with zero attached hydrogens (tertiary/aromatic N) is 3. The van der Waals surface area contributed by atoms with Crippen molar-refractivity contribution in [1.82, 2.24) is 4.90 Å². The number of rotatable bonds is 4. The highest BCUT2D eigenvalue weighted by Crippen LogP contribution is 2.50. The zero-order chi connectivity index (χ0) is 26.9. The molecule has 0 radical (unpaired) electrons. The summed E-state index contributed by atoms with van der Waals surface area (Å²) in [5.74, 6) is 0.441. The summed E-state index contributed by atoms with van der Waals surface area (Å²) >= 11 is 1.87. The number of carbonyl (C=O) groups excluding carboxylic acids is 1. The lowest BCUT2D eigenvalue weighted by Gasteiger charge is -2.32. The fourth-order valence-electron chi connectivity index (χ4n) is 5.28. The van der Waals surface area contributed by atoms with Gasteiger partial charge in [0.1, 0.15) is 5.60 Å². The molecule has 0 aliphatic carbocycles. The predicted molar refractivity (Wildman–Crippen MR) is 157 cm³/mol. The zero-order valence-electron chi connectivity index (χ0n) is 23.5. The highest BCUT2D eigenvalue weighted by molar-refractivity contribution is 7.99. The zero-order valence-corrected chi connectivity index (χ0v) is 24.3. The van der Waals surface area contributed by atoms with E-state index in [1.165, 1.54) is 38.1 Å². The number of anilines is 4. The van der Waals surface area contributed by atoms with Crippen LogP contribution in [0.25, 0.3) is 0 Å². The van der Waals surface area contributed by atoms with E-state index in [1.807, 2.05) is 37.4 Å². The fourth-order valence-corrected chi connectivity index (χ4v) is 6.38. The molecule has 1 amide bonds. The minimum Gasteiger partial charge on any atom is -0.444 e. The first-order valence-electron chi connectivity index (χ1n) is 14.0. The SMILES string of the molecule is CCC(C)c1cc(N2CCCN(C(=O)OC(C)(C)C)CC2)cc2c1Nc1ccc(N3CCOCC3)cc1S2. The van der Waals surface area contributed by atoms with E-state index in [4.69, 9.17) is 9.47 Å². The molecular formula is C30H42N4O3S. The van der Waals surface area contributed by atoms with Gasteiger partial charge in [-0.15, -0.1) is 0 Å². The van der Waals surface area contributed by atoms with E-state index in [0.717, 1.165) is 58.8 Å². The Bertz CT molecular complexity index is 1160. The third-order valence-corrected chi connectivity index (χ3v) is 8.69. The van der Waals surface area contributed by atoms with Crippen LogP contribution in [0.2, 0.25) is 0 Å². The number of morpholine rings is 1. The molecule has 1 atom stereocenters. The first-order chi connectivity index (χ1) is 18.2. The van der Waals surface area contributed by atoms with Gasteiger partial charge in [0.05, 0.1) is 24.6 Å². The first kappa shape index (κ1) is 27.0. The number of benzene rings is 2. The standard InChI is InChI=1S/C30H42N4O3S/c1-6-21(2)24-18-23(32-10-7-11-34(13-12-32)29(35)37-30(3,4)5)20-27-28(24)31-25-9-8-22(19-26(25)38-27)33-14-16-36-17-15-33/h8-9,18-21,31H,6-7,10-17H2,1-5H3. The molecule has 1 N–H and O–H groups in total. The van der Waals surface area contributed by atoms with Crippen LogP contribution in [0.1, 0.15) is 58.9 Å². The number of amides is 1. The third-order valence-electron chi connectivity index (χ3n) is 7.59. The van der Waals surface area contributed by atoms with E-state index in [9.17, 15) is 4.79 Å². The molecule has 7 nitrogen and oxygen atoms in total. The Balaban J connectivity index is 1.39. The maximum absolute atomic E-state index is 12.7. The van der Waals surface area contributed by atoms with Gasteiger partial charge in [-0.25, -0.2) is 4.79 Å². The quantitative estimate of drug-likeness (QED) is 0.397. The van der Waals surface area contributed by atoms with Crippen LogP contribution in [0.3, 0.4) is 0 Å². The van der Waals surface area contributed by atoms with Crippen molar-refractivity contribution >= 4 is 40.6 Å². The van der Waals surface area contributed by atoms with E-state index in [0.29, 0.717) is 12.5 Å². The largest absolute Gasteiger partial charge is 0.444 e. The minimum absolute atomic E-state index is 0.211. The van der Waals surface area contributed by atoms with Gasteiger partial charge in [0.25, 0.3) is 0 Å². The summed E-state index contributed by atoms with van der Waals surface area (Å²) < 4.78 is 11.2. The van der Waals surface area contributed by atoms with Gasteiger partial charge in [-0.3, -0.25) is 0 Å². The summed E-state index contributed by atoms with van der Waals surface area (Å²) in [6.07, 6.45) is 1.79. The van der Waals surface area contributed by atoms with Crippen molar-refractivity contribution in [2.45, 2.75) is 68.8 Å². The number of fused-ring (bicyclic) bond motifs is 2. The van der Waals surface area contributed by atoms with Crippen LogP contribution >= 0.6 is 11.8 Å². The third kappa shape index (κ3) is 6.01. The van der Waals surface area contributed by atoms with Crippen LogP contribution in [-0.4, -0.2) is 69.1 Å². The molecule has 1 unspecified atom stereocenters. The second-order valence-electron chi connectivity index (χ2n) is 11.5. The Morgan fingerprint density at radius 2 is 1.74 bits per heavy atom. The van der Waals surface area contributed by atoms with Gasteiger partial charge in [-0.2, -0.15) is 0 Å². The molecule has 3 aliphatic rings. The summed E-state index contributed by atoms with van der Waals surface area (Å²) in [5.41, 5.74) is 5.81. The van der Waals surface area contributed by atoms with Gasteiger partial charge in [0, 0.05) is 60.4 Å². The van der Waals surface area contributed by atoms with Gasteiger partial charge in [-0.1, -0.05) is 25.6 Å². The number of ether oxygens (including phenoxy) is 2. The Labute approximate surface area is 231 Å². The smallest absolute Gasteiger partial charge is 0.410 e. The normalized spacial score (nSPS) is 18.7. The first-order valence-corrected chi connectivity index (χ1v) is 14.9. The summed E-state index contributed by atoms with van der Waals surface area (Å²) in [4.78, 5) is 22.0. The number of nitrogens with one attached hydrogen (secondary N) is 1. The topological polar surface area (TPSA) is 57.3 Å². The van der Waals surface area contributed by atoms with Crippen LogP contribution in [0.5, 0.6) is 0 Å². The van der Waals surface area contributed by atoms with E-state index in [2.05, 4.69) is 59.3 Å². The molecule has 2 aromatic rings. The maximum Gasteiger partial charge on any atom is 0.410 e. The van der Waals surface area contributed by atoms with Crippen molar-refractivity contribution in [3.63, 3.8) is 0 Å². The molecule has 0 saturated carbocycles. The molecule has 2 fully saturated rings. The lowest BCUT2D eigenvalue weighted by atomic mass is 9.95. The van der Waals surface area contributed by atoms with E-state index in [1.54, 1.807) is 0 Å². The van der Waals surface area contributed by atoms with E-state index >= 15 is 0 Å². The lowest BCUT2D eigenvalue weighted by Crippen LogP contribution is -2.39. The van der Waals surface area contributed by atoms with Gasteiger partial charge in [-0.05, 0) is 75.4 Å². The van der Waals surface area contributed by atoms with E-state index in [-0.39, 0.29) is 6.09 Å². The van der Waals surface area contributed by atoms with Crippen LogP contribution in [0.15, 0.2) is 40.1 Å². The molecule has 5 rings (SSSR count). The molecule has 3 heterocycles. The Kier molecular flexibility index (Phi) is 8.00. The molecular weight excluding hydrogens is 496 g/mol. The van der Waals surface area contributed by atoms with E-state index < -0.39 is 5.60 Å². The average Bonchev–Trinajstić information content (AvgIpc) is 3.17. The second kappa shape index (κ2) is 11.3. The predicted octanol–water partition coefficient (Wildman–Crippen LogP) is 6.69. The Morgan fingerprint density at radius 3 is 2.47 bits per heavy atom. The highest BCUT2D eigenvalue weighted by Gasteiger charge is 2.27.